The normalized spacial score (nSPS) is 10.4. The SMILES string of the molecule is CCc1c(C(=O)NNC(=O)c2cc(OC)c(OC)c(OC)c2)cnn1-c1ccc(F)cc1. The molecule has 3 rings (SSSR count). The van der Waals surface area contributed by atoms with Crippen molar-refractivity contribution in [1.29, 1.82) is 0 Å². The van der Waals surface area contributed by atoms with E-state index in [9.17, 15) is 14.0 Å². The number of carbonyl (C=O) groups excluding carboxylic acids is 2. The summed E-state index contributed by atoms with van der Waals surface area (Å²) in [5.41, 5.74) is 6.45. The molecule has 2 N–H and O–H groups in total. The van der Waals surface area contributed by atoms with Crippen LogP contribution in [-0.2, 0) is 6.42 Å². The number of hydrogen-bond acceptors (Lipinski definition) is 6. The lowest BCUT2D eigenvalue weighted by Crippen LogP contribution is -2.41. The average molecular weight is 442 g/mol. The maximum atomic E-state index is 13.2. The van der Waals surface area contributed by atoms with E-state index in [1.54, 1.807) is 16.8 Å². The fourth-order valence-corrected chi connectivity index (χ4v) is 3.17. The largest absolute Gasteiger partial charge is 0.493 e. The first kappa shape index (κ1) is 22.6. The van der Waals surface area contributed by atoms with Gasteiger partial charge in [0.05, 0.1) is 44.5 Å². The summed E-state index contributed by atoms with van der Waals surface area (Å²) in [4.78, 5) is 25.3. The van der Waals surface area contributed by atoms with Crippen LogP contribution >= 0.6 is 0 Å². The van der Waals surface area contributed by atoms with Gasteiger partial charge in [0.25, 0.3) is 11.8 Å². The van der Waals surface area contributed by atoms with Crippen molar-refractivity contribution < 1.29 is 28.2 Å². The quantitative estimate of drug-likeness (QED) is 0.546. The zero-order valence-electron chi connectivity index (χ0n) is 18.1. The first-order valence-corrected chi connectivity index (χ1v) is 9.67. The van der Waals surface area contributed by atoms with E-state index in [2.05, 4.69) is 16.0 Å². The van der Waals surface area contributed by atoms with Gasteiger partial charge in [-0.25, -0.2) is 9.07 Å². The number of aromatic nitrogens is 2. The van der Waals surface area contributed by atoms with Crippen LogP contribution in [0.2, 0.25) is 0 Å². The summed E-state index contributed by atoms with van der Waals surface area (Å²) in [5, 5.41) is 4.23. The summed E-state index contributed by atoms with van der Waals surface area (Å²) in [5.74, 6) is -0.547. The number of hydrazine groups is 1. The second-order valence-electron chi connectivity index (χ2n) is 6.57. The highest BCUT2D eigenvalue weighted by Gasteiger charge is 2.20. The Kier molecular flexibility index (Phi) is 6.93. The lowest BCUT2D eigenvalue weighted by Gasteiger charge is -2.14. The monoisotopic (exact) mass is 442 g/mol. The van der Waals surface area contributed by atoms with Gasteiger partial charge in [0.15, 0.2) is 11.5 Å². The minimum absolute atomic E-state index is 0.192. The molecule has 0 saturated heterocycles. The van der Waals surface area contributed by atoms with Crippen LogP contribution in [0.3, 0.4) is 0 Å². The third kappa shape index (κ3) is 4.48. The van der Waals surface area contributed by atoms with Crippen molar-refractivity contribution in [2.45, 2.75) is 13.3 Å². The number of carbonyl (C=O) groups is 2. The molecule has 0 saturated carbocycles. The lowest BCUT2D eigenvalue weighted by molar-refractivity contribution is 0.0845. The van der Waals surface area contributed by atoms with E-state index >= 15 is 0 Å². The first-order valence-electron chi connectivity index (χ1n) is 9.67. The average Bonchev–Trinajstić information content (AvgIpc) is 3.25. The molecule has 0 radical (unpaired) electrons. The van der Waals surface area contributed by atoms with E-state index < -0.39 is 11.8 Å². The summed E-state index contributed by atoms with van der Waals surface area (Å²) >= 11 is 0. The molecule has 1 heterocycles. The number of nitrogens with zero attached hydrogens (tertiary/aromatic N) is 2. The van der Waals surface area contributed by atoms with Crippen LogP contribution in [0.1, 0.15) is 33.3 Å². The van der Waals surface area contributed by atoms with Crippen molar-refractivity contribution in [1.82, 2.24) is 20.6 Å². The Morgan fingerprint density at radius 2 is 1.56 bits per heavy atom. The van der Waals surface area contributed by atoms with Gasteiger partial charge in [-0.05, 0) is 42.8 Å². The number of rotatable bonds is 7. The van der Waals surface area contributed by atoms with Crippen LogP contribution in [0.4, 0.5) is 4.39 Å². The molecule has 2 aromatic carbocycles. The summed E-state index contributed by atoms with van der Waals surface area (Å²) in [7, 11) is 4.33. The third-order valence-electron chi connectivity index (χ3n) is 4.74. The van der Waals surface area contributed by atoms with E-state index in [1.165, 1.54) is 51.8 Å². The van der Waals surface area contributed by atoms with Crippen molar-refractivity contribution >= 4 is 11.8 Å². The summed E-state index contributed by atoms with van der Waals surface area (Å²) in [6.45, 7) is 1.86. The summed E-state index contributed by atoms with van der Waals surface area (Å²) in [6, 6.07) is 8.69. The molecule has 9 nitrogen and oxygen atoms in total. The molecular weight excluding hydrogens is 419 g/mol. The Bertz CT molecular complexity index is 1100. The fraction of sp³-hybridized carbons (Fsp3) is 0.227. The predicted molar refractivity (Wildman–Crippen MR) is 114 cm³/mol. The lowest BCUT2D eigenvalue weighted by atomic mass is 10.1. The molecule has 168 valence electrons. The van der Waals surface area contributed by atoms with E-state index in [-0.39, 0.29) is 16.9 Å². The highest BCUT2D eigenvalue weighted by atomic mass is 19.1. The van der Waals surface area contributed by atoms with Crippen LogP contribution in [0.5, 0.6) is 17.2 Å². The molecule has 0 aliphatic rings. The highest BCUT2D eigenvalue weighted by Crippen LogP contribution is 2.38. The van der Waals surface area contributed by atoms with Crippen LogP contribution in [-0.4, -0.2) is 42.9 Å². The van der Waals surface area contributed by atoms with E-state index in [0.717, 1.165) is 0 Å². The van der Waals surface area contributed by atoms with Crippen LogP contribution in [0.15, 0.2) is 42.6 Å². The Labute approximate surface area is 184 Å². The first-order chi connectivity index (χ1) is 15.4. The molecule has 0 bridgehead atoms. The minimum Gasteiger partial charge on any atom is -0.493 e. The number of amides is 2. The van der Waals surface area contributed by atoms with Gasteiger partial charge in [-0.3, -0.25) is 20.4 Å². The molecule has 0 spiro atoms. The number of halogens is 1. The van der Waals surface area contributed by atoms with Crippen molar-refractivity contribution in [3.8, 4) is 22.9 Å². The Morgan fingerprint density at radius 3 is 2.09 bits per heavy atom. The Hall–Kier alpha value is -4.08. The topological polar surface area (TPSA) is 104 Å². The van der Waals surface area contributed by atoms with Gasteiger partial charge in [-0.1, -0.05) is 6.92 Å². The van der Waals surface area contributed by atoms with Gasteiger partial charge >= 0.3 is 0 Å². The smallest absolute Gasteiger partial charge is 0.273 e. The van der Waals surface area contributed by atoms with Crippen LogP contribution in [0, 0.1) is 5.82 Å². The maximum absolute atomic E-state index is 13.2. The fourth-order valence-electron chi connectivity index (χ4n) is 3.17. The van der Waals surface area contributed by atoms with E-state index in [1.807, 2.05) is 6.92 Å². The number of benzene rings is 2. The molecule has 0 aliphatic carbocycles. The van der Waals surface area contributed by atoms with Crippen molar-refractivity contribution in [2.75, 3.05) is 21.3 Å². The molecule has 0 aliphatic heterocycles. The molecule has 0 atom stereocenters. The number of nitrogens with one attached hydrogen (secondary N) is 2. The van der Waals surface area contributed by atoms with Crippen LogP contribution in [0.25, 0.3) is 5.69 Å². The van der Waals surface area contributed by atoms with Gasteiger partial charge in [0.1, 0.15) is 5.82 Å². The zero-order chi connectivity index (χ0) is 23.3. The summed E-state index contributed by atoms with van der Waals surface area (Å²) in [6.07, 6.45) is 1.88. The standard InChI is InChI=1S/C22H23FN4O5/c1-5-17-16(12-24-27(17)15-8-6-14(23)7-9-15)22(29)26-25-21(28)13-10-18(30-2)20(32-4)19(11-13)31-3/h6-12H,5H2,1-4H3,(H,25,28)(H,26,29). The van der Waals surface area contributed by atoms with Gasteiger partial charge in [-0.15, -0.1) is 0 Å². The van der Waals surface area contributed by atoms with E-state index in [0.29, 0.717) is 35.1 Å². The van der Waals surface area contributed by atoms with Gasteiger partial charge in [0.2, 0.25) is 5.75 Å². The molecular formula is C22H23FN4O5. The van der Waals surface area contributed by atoms with Gasteiger partial charge in [0, 0.05) is 5.56 Å². The Balaban J connectivity index is 1.77. The molecule has 1 aromatic heterocycles. The molecule has 32 heavy (non-hydrogen) atoms. The van der Waals surface area contributed by atoms with Gasteiger partial charge in [-0.2, -0.15) is 5.10 Å². The van der Waals surface area contributed by atoms with E-state index in [4.69, 9.17) is 14.2 Å². The van der Waals surface area contributed by atoms with Crippen LogP contribution < -0.4 is 25.1 Å². The van der Waals surface area contributed by atoms with Crippen molar-refractivity contribution in [2.24, 2.45) is 0 Å². The molecule has 0 fully saturated rings. The number of methoxy groups -OCH3 is 3. The zero-order valence-corrected chi connectivity index (χ0v) is 18.1. The molecule has 2 amide bonds. The van der Waals surface area contributed by atoms with Crippen molar-refractivity contribution in [3.63, 3.8) is 0 Å². The molecule has 0 unspecified atom stereocenters. The highest BCUT2D eigenvalue weighted by molar-refractivity contribution is 6.00. The minimum atomic E-state index is -0.582. The third-order valence-corrected chi connectivity index (χ3v) is 4.74. The predicted octanol–water partition coefficient (Wildman–Crippen LogP) is 2.67. The Morgan fingerprint density at radius 1 is 0.969 bits per heavy atom. The second-order valence-corrected chi connectivity index (χ2v) is 6.57. The molecule has 3 aromatic rings. The second kappa shape index (κ2) is 9.82. The maximum Gasteiger partial charge on any atom is 0.273 e. The molecule has 10 heteroatoms. The summed E-state index contributed by atoms with van der Waals surface area (Å²) < 4.78 is 30.5. The van der Waals surface area contributed by atoms with Gasteiger partial charge < -0.3 is 14.2 Å². The van der Waals surface area contributed by atoms with Crippen molar-refractivity contribution in [3.05, 3.63) is 65.2 Å². The number of hydrogen-bond donors (Lipinski definition) is 2. The number of ether oxygens (including phenoxy) is 3.